The second-order valence-corrected chi connectivity index (χ2v) is 8.72. The Hall–Kier alpha value is -3.35. The highest BCUT2D eigenvalue weighted by atomic mass is 16.2. The first kappa shape index (κ1) is 21.9. The molecule has 7 nitrogen and oxygen atoms in total. The molecule has 2 N–H and O–H groups in total. The van der Waals surface area contributed by atoms with E-state index in [0.29, 0.717) is 39.0 Å². The van der Waals surface area contributed by atoms with Crippen LogP contribution in [0.5, 0.6) is 0 Å². The Morgan fingerprint density at radius 1 is 1.00 bits per heavy atom. The van der Waals surface area contributed by atoms with Gasteiger partial charge in [-0.15, -0.1) is 0 Å². The second-order valence-electron chi connectivity index (χ2n) is 8.72. The van der Waals surface area contributed by atoms with Crippen molar-refractivity contribution < 1.29 is 14.4 Å². The number of amides is 4. The smallest absolute Gasteiger partial charge is 0.319 e. The highest BCUT2D eigenvalue weighted by molar-refractivity contribution is 5.90. The summed E-state index contributed by atoms with van der Waals surface area (Å²) in [4.78, 5) is 41.3. The highest BCUT2D eigenvalue weighted by Gasteiger charge is 2.37. The molecule has 0 saturated carbocycles. The number of para-hydroxylation sites is 1. The van der Waals surface area contributed by atoms with Crippen LogP contribution in [0.15, 0.2) is 54.6 Å². The van der Waals surface area contributed by atoms with Crippen LogP contribution in [0, 0.1) is 12.8 Å². The SMILES string of the molecule is Cc1ccc(CN2CC(C(=O)N3CCC(NC(=O)Nc4ccccc4)CC3)CC2=O)cc1. The lowest BCUT2D eigenvalue weighted by atomic mass is 10.0. The van der Waals surface area contributed by atoms with Gasteiger partial charge in [0.25, 0.3) is 0 Å². The van der Waals surface area contributed by atoms with Gasteiger partial charge in [0, 0.05) is 44.3 Å². The fourth-order valence-electron chi connectivity index (χ4n) is 4.38. The molecule has 7 heteroatoms. The van der Waals surface area contributed by atoms with Crippen LogP contribution in [0.25, 0.3) is 0 Å². The maximum Gasteiger partial charge on any atom is 0.319 e. The standard InChI is InChI=1S/C25H30N4O3/c1-18-7-9-19(10-8-18)16-29-17-20(15-23(29)30)24(31)28-13-11-22(12-14-28)27-25(32)26-21-5-3-2-4-6-21/h2-10,20,22H,11-17H2,1H3,(H2,26,27,32). The average molecular weight is 435 g/mol. The zero-order valence-electron chi connectivity index (χ0n) is 18.4. The van der Waals surface area contributed by atoms with Gasteiger partial charge in [0.05, 0.1) is 5.92 Å². The third-order valence-corrected chi connectivity index (χ3v) is 6.23. The van der Waals surface area contributed by atoms with E-state index in [1.807, 2.05) is 66.4 Å². The van der Waals surface area contributed by atoms with Crippen molar-refractivity contribution in [2.45, 2.75) is 38.8 Å². The third-order valence-electron chi connectivity index (χ3n) is 6.23. The van der Waals surface area contributed by atoms with Gasteiger partial charge in [-0.1, -0.05) is 48.0 Å². The molecule has 2 fully saturated rings. The van der Waals surface area contributed by atoms with Crippen molar-refractivity contribution in [3.05, 3.63) is 65.7 Å². The van der Waals surface area contributed by atoms with Crippen LogP contribution >= 0.6 is 0 Å². The molecule has 2 aromatic rings. The van der Waals surface area contributed by atoms with Crippen LogP contribution < -0.4 is 10.6 Å². The first-order valence-corrected chi connectivity index (χ1v) is 11.2. The van der Waals surface area contributed by atoms with Crippen molar-refractivity contribution in [1.82, 2.24) is 15.1 Å². The lowest BCUT2D eigenvalue weighted by Crippen LogP contribution is -2.49. The Bertz CT molecular complexity index is 953. The zero-order chi connectivity index (χ0) is 22.5. The monoisotopic (exact) mass is 434 g/mol. The molecule has 2 aliphatic rings. The molecule has 2 aliphatic heterocycles. The molecule has 2 saturated heterocycles. The molecule has 1 atom stereocenters. The van der Waals surface area contributed by atoms with Crippen LogP contribution in [0.1, 0.15) is 30.4 Å². The third kappa shape index (κ3) is 5.46. The number of urea groups is 1. The number of nitrogens with one attached hydrogen (secondary N) is 2. The number of anilines is 1. The summed E-state index contributed by atoms with van der Waals surface area (Å²) in [6, 6.07) is 17.3. The second kappa shape index (κ2) is 9.85. The summed E-state index contributed by atoms with van der Waals surface area (Å²) in [5, 5.41) is 5.82. The molecule has 0 bridgehead atoms. The number of likely N-dealkylation sites (tertiary alicyclic amines) is 2. The molecule has 4 amide bonds. The Balaban J connectivity index is 1.23. The van der Waals surface area contributed by atoms with Gasteiger partial charge in [-0.05, 0) is 37.5 Å². The largest absolute Gasteiger partial charge is 0.342 e. The van der Waals surface area contributed by atoms with Gasteiger partial charge in [-0.25, -0.2) is 4.79 Å². The van der Waals surface area contributed by atoms with E-state index in [0.717, 1.165) is 11.3 Å². The normalized spacial score (nSPS) is 19.2. The molecule has 0 radical (unpaired) electrons. The van der Waals surface area contributed by atoms with Gasteiger partial charge in [0.1, 0.15) is 0 Å². The summed E-state index contributed by atoms with van der Waals surface area (Å²) in [5.41, 5.74) is 3.02. The maximum absolute atomic E-state index is 13.0. The number of benzene rings is 2. The lowest BCUT2D eigenvalue weighted by Gasteiger charge is -2.33. The van der Waals surface area contributed by atoms with E-state index < -0.39 is 0 Å². The molecule has 1 unspecified atom stereocenters. The van der Waals surface area contributed by atoms with Gasteiger partial charge < -0.3 is 20.4 Å². The minimum absolute atomic E-state index is 0.0333. The Kier molecular flexibility index (Phi) is 6.73. The number of hydrogen-bond acceptors (Lipinski definition) is 3. The molecular weight excluding hydrogens is 404 g/mol. The predicted molar refractivity (Wildman–Crippen MR) is 123 cm³/mol. The van der Waals surface area contributed by atoms with Gasteiger partial charge in [0.2, 0.25) is 11.8 Å². The van der Waals surface area contributed by atoms with Crippen molar-refractivity contribution >= 4 is 23.5 Å². The molecule has 32 heavy (non-hydrogen) atoms. The van der Waals surface area contributed by atoms with E-state index in [1.54, 1.807) is 4.90 Å². The van der Waals surface area contributed by atoms with Crippen LogP contribution in [0.2, 0.25) is 0 Å². The predicted octanol–water partition coefficient (Wildman–Crippen LogP) is 3.16. The Morgan fingerprint density at radius 3 is 2.38 bits per heavy atom. The van der Waals surface area contributed by atoms with Gasteiger partial charge >= 0.3 is 6.03 Å². The summed E-state index contributed by atoms with van der Waals surface area (Å²) < 4.78 is 0. The topological polar surface area (TPSA) is 81.8 Å². The Morgan fingerprint density at radius 2 is 1.69 bits per heavy atom. The molecule has 0 aromatic heterocycles. The van der Waals surface area contributed by atoms with E-state index >= 15 is 0 Å². The van der Waals surface area contributed by atoms with E-state index in [-0.39, 0.29) is 36.2 Å². The van der Waals surface area contributed by atoms with Crippen LogP contribution in [-0.4, -0.2) is 53.3 Å². The number of aryl methyl sites for hydroxylation is 1. The molecule has 4 rings (SSSR count). The van der Waals surface area contributed by atoms with E-state index in [4.69, 9.17) is 0 Å². The molecule has 2 heterocycles. The number of hydrogen-bond donors (Lipinski definition) is 2. The first-order valence-electron chi connectivity index (χ1n) is 11.2. The summed E-state index contributed by atoms with van der Waals surface area (Å²) in [5.74, 6) is -0.186. The van der Waals surface area contributed by atoms with Crippen LogP contribution in [-0.2, 0) is 16.1 Å². The molecule has 0 aliphatic carbocycles. The zero-order valence-corrected chi connectivity index (χ0v) is 18.4. The van der Waals surface area contributed by atoms with Crippen molar-refractivity contribution in [2.75, 3.05) is 25.0 Å². The maximum atomic E-state index is 13.0. The lowest BCUT2D eigenvalue weighted by molar-refractivity contribution is -0.136. The first-order chi connectivity index (χ1) is 15.5. The van der Waals surface area contributed by atoms with Gasteiger partial charge in [0.15, 0.2) is 0 Å². The summed E-state index contributed by atoms with van der Waals surface area (Å²) in [6.45, 7) is 4.25. The number of rotatable bonds is 5. The summed E-state index contributed by atoms with van der Waals surface area (Å²) >= 11 is 0. The van der Waals surface area contributed by atoms with E-state index in [2.05, 4.69) is 10.6 Å². The number of nitrogens with zero attached hydrogens (tertiary/aromatic N) is 2. The molecule has 2 aromatic carbocycles. The van der Waals surface area contributed by atoms with E-state index in [9.17, 15) is 14.4 Å². The van der Waals surface area contributed by atoms with Gasteiger partial charge in [-0.3, -0.25) is 9.59 Å². The number of carbonyl (C=O) groups excluding carboxylic acids is 3. The molecule has 168 valence electrons. The number of piperidine rings is 1. The molecule has 0 spiro atoms. The minimum Gasteiger partial charge on any atom is -0.342 e. The van der Waals surface area contributed by atoms with Crippen LogP contribution in [0.4, 0.5) is 10.5 Å². The van der Waals surface area contributed by atoms with Crippen molar-refractivity contribution in [2.24, 2.45) is 5.92 Å². The quantitative estimate of drug-likeness (QED) is 0.759. The van der Waals surface area contributed by atoms with Crippen molar-refractivity contribution in [3.63, 3.8) is 0 Å². The van der Waals surface area contributed by atoms with Crippen molar-refractivity contribution in [1.29, 1.82) is 0 Å². The van der Waals surface area contributed by atoms with Crippen molar-refractivity contribution in [3.8, 4) is 0 Å². The summed E-state index contributed by atoms with van der Waals surface area (Å²) in [6.07, 6.45) is 1.70. The van der Waals surface area contributed by atoms with Crippen LogP contribution in [0.3, 0.4) is 0 Å². The molecular formula is C25H30N4O3. The summed E-state index contributed by atoms with van der Waals surface area (Å²) in [7, 11) is 0. The average Bonchev–Trinajstić information content (AvgIpc) is 3.16. The number of carbonyl (C=O) groups is 3. The van der Waals surface area contributed by atoms with E-state index in [1.165, 1.54) is 5.56 Å². The van der Waals surface area contributed by atoms with Gasteiger partial charge in [-0.2, -0.15) is 0 Å². The minimum atomic E-state index is -0.279. The Labute approximate surface area is 188 Å². The highest BCUT2D eigenvalue weighted by Crippen LogP contribution is 2.24. The fourth-order valence-corrected chi connectivity index (χ4v) is 4.38. The fraction of sp³-hybridized carbons (Fsp3) is 0.400.